The molecule has 116 valence electrons. The quantitative estimate of drug-likeness (QED) is 0.319. The second-order valence-corrected chi connectivity index (χ2v) is 5.39. The maximum atomic E-state index is 12.3. The highest BCUT2D eigenvalue weighted by Crippen LogP contribution is 2.38. The molecule has 0 bridgehead atoms. The topological polar surface area (TPSA) is 72.9 Å². The Bertz CT molecular complexity index is 423. The minimum absolute atomic E-state index is 0.0677. The van der Waals surface area contributed by atoms with E-state index in [0.29, 0.717) is 0 Å². The van der Waals surface area contributed by atoms with Crippen LogP contribution in [0.4, 0.5) is 0 Å². The molecule has 0 aromatic rings. The van der Waals surface area contributed by atoms with Gasteiger partial charge in [-0.2, -0.15) is 0 Å². The van der Waals surface area contributed by atoms with Crippen molar-refractivity contribution in [1.82, 2.24) is 4.90 Å². The fourth-order valence-electron chi connectivity index (χ4n) is 3.04. The minimum Gasteiger partial charge on any atom is -0.460 e. The van der Waals surface area contributed by atoms with Crippen molar-refractivity contribution in [2.24, 2.45) is 11.8 Å². The Hall–Kier alpha value is -1.69. The summed E-state index contributed by atoms with van der Waals surface area (Å²) < 4.78 is 10.2. The summed E-state index contributed by atoms with van der Waals surface area (Å²) in [4.78, 5) is 36.7. The molecule has 0 aromatic carbocycles. The zero-order valence-electron chi connectivity index (χ0n) is 12.2. The van der Waals surface area contributed by atoms with Crippen LogP contribution in [0.1, 0.15) is 32.6 Å². The number of carbonyl (C=O) groups excluding carboxylic acids is 3. The molecule has 2 aliphatic rings. The molecule has 2 fully saturated rings. The van der Waals surface area contributed by atoms with Crippen molar-refractivity contribution in [2.75, 3.05) is 13.2 Å². The van der Waals surface area contributed by atoms with Crippen molar-refractivity contribution < 1.29 is 23.9 Å². The van der Waals surface area contributed by atoms with E-state index in [9.17, 15) is 14.4 Å². The van der Waals surface area contributed by atoms with Gasteiger partial charge in [0, 0.05) is 6.08 Å². The fraction of sp³-hybridized carbons (Fsp3) is 0.667. The third-order valence-electron chi connectivity index (χ3n) is 4.09. The molecule has 3 unspecified atom stereocenters. The standard InChI is InChI=1S/C15H21NO5/c1-3-13(17)21-9-8-20-10(2)16-14(18)11-6-4-5-7-12(11)15(16)19/h3,10-12H,1,4-9H2,2H3. The first-order chi connectivity index (χ1) is 10.1. The number of hydrogen-bond acceptors (Lipinski definition) is 5. The SMILES string of the molecule is C=CC(=O)OCCOC(C)N1C(=O)C2CCCCC2C1=O. The van der Waals surface area contributed by atoms with Gasteiger partial charge in [0.15, 0.2) is 0 Å². The van der Waals surface area contributed by atoms with E-state index in [-0.39, 0.29) is 36.9 Å². The second-order valence-electron chi connectivity index (χ2n) is 5.39. The monoisotopic (exact) mass is 295 g/mol. The summed E-state index contributed by atoms with van der Waals surface area (Å²) in [5, 5.41) is 0. The Kier molecular flexibility index (Phi) is 5.12. The van der Waals surface area contributed by atoms with Gasteiger partial charge in [-0.25, -0.2) is 4.79 Å². The molecule has 0 radical (unpaired) electrons. The lowest BCUT2D eigenvalue weighted by Gasteiger charge is -2.23. The van der Waals surface area contributed by atoms with Gasteiger partial charge in [0.05, 0.1) is 18.4 Å². The minimum atomic E-state index is -0.627. The third kappa shape index (κ3) is 3.32. The highest BCUT2D eigenvalue weighted by molar-refractivity contribution is 6.05. The Morgan fingerprint density at radius 2 is 1.86 bits per heavy atom. The molecule has 1 saturated carbocycles. The van der Waals surface area contributed by atoms with Gasteiger partial charge in [-0.15, -0.1) is 0 Å². The van der Waals surface area contributed by atoms with Crippen molar-refractivity contribution in [3.63, 3.8) is 0 Å². The number of ether oxygens (including phenoxy) is 2. The average molecular weight is 295 g/mol. The van der Waals surface area contributed by atoms with Crippen LogP contribution >= 0.6 is 0 Å². The first-order valence-electron chi connectivity index (χ1n) is 7.34. The molecule has 1 heterocycles. The Labute approximate surface area is 124 Å². The van der Waals surface area contributed by atoms with Crippen LogP contribution in [0.3, 0.4) is 0 Å². The maximum absolute atomic E-state index is 12.3. The van der Waals surface area contributed by atoms with Crippen LogP contribution in [-0.4, -0.2) is 42.1 Å². The summed E-state index contributed by atoms with van der Waals surface area (Å²) in [6, 6.07) is 0. The van der Waals surface area contributed by atoms with Gasteiger partial charge in [-0.3, -0.25) is 14.5 Å². The van der Waals surface area contributed by atoms with E-state index in [1.54, 1.807) is 6.92 Å². The molecule has 1 saturated heterocycles. The molecule has 6 nitrogen and oxygen atoms in total. The van der Waals surface area contributed by atoms with E-state index in [0.717, 1.165) is 31.8 Å². The van der Waals surface area contributed by atoms with Crippen LogP contribution in [0.2, 0.25) is 0 Å². The number of nitrogens with zero attached hydrogens (tertiary/aromatic N) is 1. The van der Waals surface area contributed by atoms with Gasteiger partial charge in [-0.1, -0.05) is 19.4 Å². The first kappa shape index (κ1) is 15.7. The number of imide groups is 1. The van der Waals surface area contributed by atoms with E-state index in [2.05, 4.69) is 6.58 Å². The normalized spacial score (nSPS) is 26.4. The molecule has 1 aliphatic carbocycles. The van der Waals surface area contributed by atoms with Crippen LogP contribution in [0.15, 0.2) is 12.7 Å². The Morgan fingerprint density at radius 1 is 1.29 bits per heavy atom. The third-order valence-corrected chi connectivity index (χ3v) is 4.09. The van der Waals surface area contributed by atoms with Crippen LogP contribution in [-0.2, 0) is 23.9 Å². The molecule has 0 aromatic heterocycles. The smallest absolute Gasteiger partial charge is 0.330 e. The van der Waals surface area contributed by atoms with Crippen molar-refractivity contribution in [2.45, 2.75) is 38.8 Å². The Balaban J connectivity index is 1.85. The van der Waals surface area contributed by atoms with Gasteiger partial charge in [0.1, 0.15) is 12.8 Å². The lowest BCUT2D eigenvalue weighted by Crippen LogP contribution is -2.41. The summed E-state index contributed by atoms with van der Waals surface area (Å²) in [6.07, 6.45) is 4.02. The van der Waals surface area contributed by atoms with E-state index in [1.807, 2.05) is 0 Å². The van der Waals surface area contributed by atoms with Crippen LogP contribution in [0.5, 0.6) is 0 Å². The number of hydrogen-bond donors (Lipinski definition) is 0. The van der Waals surface area contributed by atoms with Crippen molar-refractivity contribution >= 4 is 17.8 Å². The van der Waals surface area contributed by atoms with E-state index >= 15 is 0 Å². The number of esters is 1. The molecule has 3 atom stereocenters. The molecule has 2 rings (SSSR count). The number of rotatable bonds is 6. The lowest BCUT2D eigenvalue weighted by molar-refractivity contribution is -0.157. The fourth-order valence-corrected chi connectivity index (χ4v) is 3.04. The van der Waals surface area contributed by atoms with Crippen LogP contribution in [0, 0.1) is 11.8 Å². The molecule has 0 spiro atoms. The van der Waals surface area contributed by atoms with Gasteiger partial charge in [0.2, 0.25) is 11.8 Å². The zero-order chi connectivity index (χ0) is 15.4. The summed E-state index contributed by atoms with van der Waals surface area (Å²) in [7, 11) is 0. The summed E-state index contributed by atoms with van der Waals surface area (Å²) >= 11 is 0. The Morgan fingerprint density at radius 3 is 2.38 bits per heavy atom. The number of fused-ring (bicyclic) bond motifs is 1. The van der Waals surface area contributed by atoms with E-state index in [1.165, 1.54) is 4.90 Å². The summed E-state index contributed by atoms with van der Waals surface area (Å²) in [5.41, 5.74) is 0. The predicted octanol–water partition coefficient (Wildman–Crippen LogP) is 1.25. The molecular weight excluding hydrogens is 274 g/mol. The maximum Gasteiger partial charge on any atom is 0.330 e. The summed E-state index contributed by atoms with van der Waals surface area (Å²) in [5.74, 6) is -1.11. The lowest BCUT2D eigenvalue weighted by atomic mass is 9.81. The van der Waals surface area contributed by atoms with Gasteiger partial charge >= 0.3 is 5.97 Å². The molecule has 2 amide bonds. The van der Waals surface area contributed by atoms with Crippen LogP contribution in [0.25, 0.3) is 0 Å². The van der Waals surface area contributed by atoms with Gasteiger partial charge in [0.25, 0.3) is 0 Å². The number of carbonyl (C=O) groups is 3. The average Bonchev–Trinajstić information content (AvgIpc) is 2.75. The van der Waals surface area contributed by atoms with Gasteiger partial charge in [-0.05, 0) is 19.8 Å². The first-order valence-corrected chi connectivity index (χ1v) is 7.34. The number of amides is 2. The second kappa shape index (κ2) is 6.85. The molecule has 1 aliphatic heterocycles. The van der Waals surface area contributed by atoms with Crippen molar-refractivity contribution in [3.8, 4) is 0 Å². The molecular formula is C15H21NO5. The van der Waals surface area contributed by atoms with Crippen molar-refractivity contribution in [3.05, 3.63) is 12.7 Å². The van der Waals surface area contributed by atoms with Crippen molar-refractivity contribution in [1.29, 1.82) is 0 Å². The van der Waals surface area contributed by atoms with Gasteiger partial charge < -0.3 is 9.47 Å². The number of likely N-dealkylation sites (tertiary alicyclic amines) is 1. The molecule has 21 heavy (non-hydrogen) atoms. The molecule has 0 N–H and O–H groups in total. The van der Waals surface area contributed by atoms with E-state index < -0.39 is 12.2 Å². The summed E-state index contributed by atoms with van der Waals surface area (Å²) in [6.45, 7) is 5.15. The van der Waals surface area contributed by atoms with E-state index in [4.69, 9.17) is 9.47 Å². The molecule has 6 heteroatoms. The largest absolute Gasteiger partial charge is 0.460 e. The zero-order valence-corrected chi connectivity index (χ0v) is 12.2. The van der Waals surface area contributed by atoms with Crippen LogP contribution < -0.4 is 0 Å². The predicted molar refractivity (Wildman–Crippen MR) is 73.9 cm³/mol. The highest BCUT2D eigenvalue weighted by atomic mass is 16.6. The highest BCUT2D eigenvalue weighted by Gasteiger charge is 2.49.